The second kappa shape index (κ2) is 10.5. The van der Waals surface area contributed by atoms with Crippen LogP contribution in [0.3, 0.4) is 0 Å². The number of carbonyl (C=O) groups is 1. The van der Waals surface area contributed by atoms with Gasteiger partial charge < -0.3 is 14.6 Å². The molecular formula is C24H30N4O2S. The third-order valence-corrected chi connectivity index (χ3v) is 6.09. The maximum absolute atomic E-state index is 12.3. The molecule has 1 atom stereocenters. The lowest BCUT2D eigenvalue weighted by Crippen LogP contribution is -2.15. The van der Waals surface area contributed by atoms with E-state index in [1.54, 1.807) is 0 Å². The fourth-order valence-corrected chi connectivity index (χ4v) is 3.86. The van der Waals surface area contributed by atoms with Crippen LogP contribution >= 0.6 is 11.8 Å². The van der Waals surface area contributed by atoms with Gasteiger partial charge in [-0.1, -0.05) is 56.8 Å². The Morgan fingerprint density at radius 3 is 2.35 bits per heavy atom. The van der Waals surface area contributed by atoms with Gasteiger partial charge in [0.25, 0.3) is 0 Å². The quantitative estimate of drug-likeness (QED) is 0.455. The number of hydrogen-bond donors (Lipinski definition) is 1. The second-order valence-corrected chi connectivity index (χ2v) is 8.71. The number of aryl methyl sites for hydroxylation is 1. The topological polar surface area (TPSA) is 69.0 Å². The molecule has 0 fully saturated rings. The van der Waals surface area contributed by atoms with Crippen molar-refractivity contribution in [1.82, 2.24) is 14.8 Å². The van der Waals surface area contributed by atoms with Gasteiger partial charge in [0.05, 0.1) is 5.75 Å². The van der Waals surface area contributed by atoms with Crippen LogP contribution in [0.15, 0.2) is 53.7 Å². The van der Waals surface area contributed by atoms with Gasteiger partial charge in [0.2, 0.25) is 5.91 Å². The van der Waals surface area contributed by atoms with Crippen LogP contribution in [0, 0.1) is 0 Å². The second-order valence-electron chi connectivity index (χ2n) is 7.77. The SMILES string of the molecule is CCc1ccc(OC(C)c2nnc(SCC(=O)Nc3ccc(C(C)C)cc3)n2C)cc1. The van der Waals surface area contributed by atoms with Crippen LogP contribution < -0.4 is 10.1 Å². The lowest BCUT2D eigenvalue weighted by atomic mass is 10.0. The number of amides is 1. The van der Waals surface area contributed by atoms with E-state index in [0.29, 0.717) is 16.9 Å². The number of ether oxygens (including phenoxy) is 1. The summed E-state index contributed by atoms with van der Waals surface area (Å²) in [7, 11) is 1.89. The first-order valence-corrected chi connectivity index (χ1v) is 11.5. The monoisotopic (exact) mass is 438 g/mol. The molecular weight excluding hydrogens is 408 g/mol. The fraction of sp³-hybridized carbons (Fsp3) is 0.375. The summed E-state index contributed by atoms with van der Waals surface area (Å²) >= 11 is 1.35. The number of carbonyl (C=O) groups excluding carboxylic acids is 1. The van der Waals surface area contributed by atoms with Gasteiger partial charge in [-0.25, -0.2) is 0 Å². The summed E-state index contributed by atoms with van der Waals surface area (Å²) in [5.74, 6) is 2.15. The number of rotatable bonds is 9. The Kier molecular flexibility index (Phi) is 7.74. The summed E-state index contributed by atoms with van der Waals surface area (Å²) < 4.78 is 7.89. The molecule has 1 heterocycles. The molecule has 164 valence electrons. The fourth-order valence-electron chi connectivity index (χ4n) is 3.14. The molecule has 3 aromatic rings. The van der Waals surface area contributed by atoms with Crippen LogP contribution in [0.4, 0.5) is 5.69 Å². The van der Waals surface area contributed by atoms with Gasteiger partial charge in [0, 0.05) is 12.7 Å². The van der Waals surface area contributed by atoms with Gasteiger partial charge in [-0.05, 0) is 54.7 Å². The molecule has 2 aromatic carbocycles. The van der Waals surface area contributed by atoms with Crippen molar-refractivity contribution in [2.24, 2.45) is 7.05 Å². The number of benzene rings is 2. The van der Waals surface area contributed by atoms with Crippen molar-refractivity contribution in [3.8, 4) is 5.75 Å². The van der Waals surface area contributed by atoms with Crippen molar-refractivity contribution < 1.29 is 9.53 Å². The smallest absolute Gasteiger partial charge is 0.234 e. The highest BCUT2D eigenvalue weighted by Gasteiger charge is 2.18. The van der Waals surface area contributed by atoms with Crippen LogP contribution in [0.2, 0.25) is 0 Å². The van der Waals surface area contributed by atoms with E-state index in [-0.39, 0.29) is 17.8 Å². The Morgan fingerprint density at radius 2 is 1.74 bits per heavy atom. The minimum atomic E-state index is -0.257. The molecule has 0 saturated carbocycles. The van der Waals surface area contributed by atoms with Crippen molar-refractivity contribution in [2.45, 2.75) is 51.3 Å². The number of thioether (sulfide) groups is 1. The molecule has 0 radical (unpaired) electrons. The average Bonchev–Trinajstić information content (AvgIpc) is 3.13. The van der Waals surface area contributed by atoms with E-state index in [1.165, 1.54) is 22.9 Å². The standard InChI is InChI=1S/C24H30N4O2S/c1-6-18-7-13-21(14-8-18)30-17(4)23-26-27-24(28(23)5)31-15-22(29)25-20-11-9-19(10-12-20)16(2)3/h7-14,16-17H,6,15H2,1-5H3,(H,25,29). The summed E-state index contributed by atoms with van der Waals surface area (Å²) in [6.45, 7) is 8.36. The zero-order valence-electron chi connectivity index (χ0n) is 18.8. The summed E-state index contributed by atoms with van der Waals surface area (Å²) in [5, 5.41) is 12.1. The predicted octanol–water partition coefficient (Wildman–Crippen LogP) is 5.37. The lowest BCUT2D eigenvalue weighted by Gasteiger charge is -2.14. The molecule has 3 rings (SSSR count). The third kappa shape index (κ3) is 6.10. The normalized spacial score (nSPS) is 12.1. The number of hydrogen-bond acceptors (Lipinski definition) is 5. The van der Waals surface area contributed by atoms with Crippen LogP contribution in [-0.2, 0) is 18.3 Å². The summed E-state index contributed by atoms with van der Waals surface area (Å²) in [6, 6.07) is 16.0. The molecule has 0 spiro atoms. The number of nitrogens with one attached hydrogen (secondary N) is 1. The van der Waals surface area contributed by atoms with E-state index in [2.05, 4.69) is 48.4 Å². The molecule has 1 unspecified atom stereocenters. The third-order valence-electron chi connectivity index (χ3n) is 5.07. The van der Waals surface area contributed by atoms with E-state index < -0.39 is 0 Å². The summed E-state index contributed by atoms with van der Waals surface area (Å²) in [4.78, 5) is 12.3. The molecule has 0 aliphatic rings. The zero-order chi connectivity index (χ0) is 22.4. The molecule has 1 N–H and O–H groups in total. The maximum atomic E-state index is 12.3. The Morgan fingerprint density at radius 1 is 1.06 bits per heavy atom. The molecule has 0 aliphatic heterocycles. The van der Waals surface area contributed by atoms with Crippen molar-refractivity contribution in [3.05, 3.63) is 65.5 Å². The van der Waals surface area contributed by atoms with Crippen molar-refractivity contribution in [1.29, 1.82) is 0 Å². The van der Waals surface area contributed by atoms with Crippen LogP contribution in [0.1, 0.15) is 56.7 Å². The predicted molar refractivity (Wildman–Crippen MR) is 126 cm³/mol. The highest BCUT2D eigenvalue weighted by atomic mass is 32.2. The lowest BCUT2D eigenvalue weighted by molar-refractivity contribution is -0.113. The number of aromatic nitrogens is 3. The largest absolute Gasteiger partial charge is 0.483 e. The van der Waals surface area contributed by atoms with Gasteiger partial charge in [-0.15, -0.1) is 10.2 Å². The molecule has 7 heteroatoms. The van der Waals surface area contributed by atoms with Crippen LogP contribution in [0.5, 0.6) is 5.75 Å². The van der Waals surface area contributed by atoms with Gasteiger partial charge in [-0.2, -0.15) is 0 Å². The molecule has 0 saturated heterocycles. The zero-order valence-corrected chi connectivity index (χ0v) is 19.6. The van der Waals surface area contributed by atoms with Gasteiger partial charge in [-0.3, -0.25) is 4.79 Å². The highest BCUT2D eigenvalue weighted by Crippen LogP contribution is 2.24. The number of anilines is 1. The van der Waals surface area contributed by atoms with E-state index in [9.17, 15) is 4.79 Å². The molecule has 6 nitrogen and oxygen atoms in total. The first-order chi connectivity index (χ1) is 14.9. The molecule has 1 amide bonds. The van der Waals surface area contributed by atoms with Gasteiger partial charge in [0.15, 0.2) is 17.1 Å². The maximum Gasteiger partial charge on any atom is 0.234 e. The summed E-state index contributed by atoms with van der Waals surface area (Å²) in [5.41, 5.74) is 3.31. The van der Waals surface area contributed by atoms with Gasteiger partial charge in [0.1, 0.15) is 5.75 Å². The molecule has 0 aliphatic carbocycles. The Labute approximate surface area is 188 Å². The average molecular weight is 439 g/mol. The first kappa shape index (κ1) is 22.9. The van der Waals surface area contributed by atoms with E-state index in [4.69, 9.17) is 4.74 Å². The minimum absolute atomic E-state index is 0.0767. The van der Waals surface area contributed by atoms with Gasteiger partial charge >= 0.3 is 0 Å². The Balaban J connectivity index is 1.54. The Hall–Kier alpha value is -2.80. The first-order valence-electron chi connectivity index (χ1n) is 10.5. The van der Waals surface area contributed by atoms with E-state index >= 15 is 0 Å². The van der Waals surface area contributed by atoms with Crippen molar-refractivity contribution in [3.63, 3.8) is 0 Å². The minimum Gasteiger partial charge on any atom is -0.483 e. The molecule has 0 bridgehead atoms. The van der Waals surface area contributed by atoms with Crippen molar-refractivity contribution >= 4 is 23.4 Å². The Bertz CT molecular complexity index is 997. The molecule has 31 heavy (non-hydrogen) atoms. The number of nitrogens with zero attached hydrogens (tertiary/aromatic N) is 3. The van der Waals surface area contributed by atoms with Crippen molar-refractivity contribution in [2.75, 3.05) is 11.1 Å². The van der Waals surface area contributed by atoms with Crippen LogP contribution in [-0.4, -0.2) is 26.4 Å². The summed E-state index contributed by atoms with van der Waals surface area (Å²) in [6.07, 6.45) is 0.740. The highest BCUT2D eigenvalue weighted by molar-refractivity contribution is 7.99. The van der Waals surface area contributed by atoms with E-state index in [0.717, 1.165) is 17.9 Å². The van der Waals surface area contributed by atoms with E-state index in [1.807, 2.05) is 54.9 Å². The van der Waals surface area contributed by atoms with Crippen LogP contribution in [0.25, 0.3) is 0 Å². The molecule has 1 aromatic heterocycles.